The van der Waals surface area contributed by atoms with Crippen LogP contribution in [0, 0.1) is 6.92 Å². The molecule has 3 nitrogen and oxygen atoms in total. The van der Waals surface area contributed by atoms with Crippen LogP contribution in [-0.2, 0) is 0 Å². The Bertz CT molecular complexity index is 391. The normalized spacial score (nSPS) is 18.4. The number of halogens is 1. The fourth-order valence-electron chi connectivity index (χ4n) is 2.42. The fraction of sp³-hybridized carbons (Fsp3) is 0.533. The summed E-state index contributed by atoms with van der Waals surface area (Å²) in [5.41, 5.74) is 1.35. The summed E-state index contributed by atoms with van der Waals surface area (Å²) in [5, 5.41) is 0. The molecule has 1 unspecified atom stereocenters. The highest BCUT2D eigenvalue weighted by Crippen LogP contribution is 2.23. The third kappa shape index (κ3) is 3.77. The van der Waals surface area contributed by atoms with E-state index in [0.29, 0.717) is 0 Å². The van der Waals surface area contributed by atoms with Gasteiger partial charge in [-0.05, 0) is 18.6 Å². The zero-order chi connectivity index (χ0) is 13.7. The van der Waals surface area contributed by atoms with Crippen molar-refractivity contribution < 1.29 is 4.74 Å². The van der Waals surface area contributed by atoms with Crippen LogP contribution in [0.5, 0.6) is 5.75 Å². The smallest absolute Gasteiger partial charge is 0.120 e. The minimum Gasteiger partial charge on any atom is -0.497 e. The van der Waals surface area contributed by atoms with E-state index in [9.17, 15) is 0 Å². The highest BCUT2D eigenvalue weighted by atomic mass is 35.5. The van der Waals surface area contributed by atoms with Gasteiger partial charge in [0.2, 0.25) is 0 Å². The van der Waals surface area contributed by atoms with Crippen molar-refractivity contribution in [1.29, 1.82) is 0 Å². The minimum atomic E-state index is 0.130. The predicted molar refractivity (Wildman–Crippen MR) is 81.0 cm³/mol. The second-order valence-corrected chi connectivity index (χ2v) is 5.30. The molecule has 1 radical (unpaired) electrons. The van der Waals surface area contributed by atoms with Gasteiger partial charge in [0.25, 0.3) is 0 Å². The second kappa shape index (κ2) is 7.01. The van der Waals surface area contributed by atoms with E-state index in [-0.39, 0.29) is 5.50 Å². The first-order valence-electron chi connectivity index (χ1n) is 6.81. The number of ether oxygens (including phenoxy) is 1. The van der Waals surface area contributed by atoms with E-state index in [0.717, 1.165) is 44.8 Å². The lowest BCUT2D eigenvalue weighted by atomic mass is 10.2. The molecule has 1 aromatic rings. The zero-order valence-electron chi connectivity index (χ0n) is 11.5. The average Bonchev–Trinajstić information content (AvgIpc) is 2.48. The van der Waals surface area contributed by atoms with E-state index in [1.165, 1.54) is 5.69 Å². The molecule has 0 saturated carbocycles. The Kier molecular flexibility index (Phi) is 5.34. The van der Waals surface area contributed by atoms with Crippen LogP contribution in [0.1, 0.15) is 12.8 Å². The summed E-state index contributed by atoms with van der Waals surface area (Å²) in [7, 11) is 1.70. The van der Waals surface area contributed by atoms with Crippen LogP contribution in [0.15, 0.2) is 24.3 Å². The summed E-state index contributed by atoms with van der Waals surface area (Å²) >= 11 is 6.35. The zero-order valence-corrected chi connectivity index (χ0v) is 12.3. The molecular weight excluding hydrogens is 260 g/mol. The summed E-state index contributed by atoms with van der Waals surface area (Å²) < 4.78 is 5.27. The number of methoxy groups -OCH3 is 1. The van der Waals surface area contributed by atoms with Crippen molar-refractivity contribution in [3.8, 4) is 5.75 Å². The van der Waals surface area contributed by atoms with Crippen molar-refractivity contribution in [2.24, 2.45) is 0 Å². The molecule has 0 aromatic heterocycles. The summed E-state index contributed by atoms with van der Waals surface area (Å²) in [6, 6.07) is 8.23. The van der Waals surface area contributed by atoms with E-state index >= 15 is 0 Å². The number of rotatable bonds is 5. The van der Waals surface area contributed by atoms with E-state index in [1.54, 1.807) is 7.11 Å². The Hall–Kier alpha value is -0.930. The van der Waals surface area contributed by atoms with Crippen molar-refractivity contribution in [2.75, 3.05) is 38.2 Å². The van der Waals surface area contributed by atoms with Crippen molar-refractivity contribution in [3.63, 3.8) is 0 Å². The lowest BCUT2D eigenvalue weighted by molar-refractivity contribution is 0.229. The molecule has 19 heavy (non-hydrogen) atoms. The largest absolute Gasteiger partial charge is 0.497 e. The summed E-state index contributed by atoms with van der Waals surface area (Å²) in [6.07, 6.45) is 1.85. The van der Waals surface area contributed by atoms with Crippen LogP contribution >= 0.6 is 11.6 Å². The Morgan fingerprint density at radius 1 is 1.32 bits per heavy atom. The van der Waals surface area contributed by atoms with Crippen LogP contribution in [0.3, 0.4) is 0 Å². The van der Waals surface area contributed by atoms with Crippen molar-refractivity contribution in [1.82, 2.24) is 4.90 Å². The molecule has 1 saturated heterocycles. The lowest BCUT2D eigenvalue weighted by Gasteiger charge is -2.38. The third-order valence-corrected chi connectivity index (χ3v) is 4.07. The highest BCUT2D eigenvalue weighted by Gasteiger charge is 2.21. The Morgan fingerprint density at radius 3 is 2.68 bits per heavy atom. The van der Waals surface area contributed by atoms with Crippen molar-refractivity contribution in [3.05, 3.63) is 31.2 Å². The van der Waals surface area contributed by atoms with Gasteiger partial charge in [0.15, 0.2) is 0 Å². The summed E-state index contributed by atoms with van der Waals surface area (Å²) in [6.45, 7) is 7.89. The number of anilines is 1. The number of benzene rings is 1. The van der Waals surface area contributed by atoms with Gasteiger partial charge in [0, 0.05) is 37.9 Å². The van der Waals surface area contributed by atoms with Gasteiger partial charge in [-0.25, -0.2) is 0 Å². The maximum Gasteiger partial charge on any atom is 0.120 e. The van der Waals surface area contributed by atoms with Gasteiger partial charge in [0.05, 0.1) is 12.6 Å². The Morgan fingerprint density at radius 2 is 2.05 bits per heavy atom. The molecule has 1 atom stereocenters. The molecule has 0 N–H and O–H groups in total. The quantitative estimate of drug-likeness (QED) is 0.610. The van der Waals surface area contributed by atoms with Crippen molar-refractivity contribution in [2.45, 2.75) is 18.3 Å². The maximum absolute atomic E-state index is 6.35. The van der Waals surface area contributed by atoms with Gasteiger partial charge in [0.1, 0.15) is 5.75 Å². The number of nitrogens with zero attached hydrogens (tertiary/aromatic N) is 2. The van der Waals surface area contributed by atoms with E-state index < -0.39 is 0 Å². The number of hydrogen-bond acceptors (Lipinski definition) is 3. The van der Waals surface area contributed by atoms with Gasteiger partial charge >= 0.3 is 0 Å². The van der Waals surface area contributed by atoms with Crippen LogP contribution in [0.4, 0.5) is 5.69 Å². The van der Waals surface area contributed by atoms with Crippen LogP contribution < -0.4 is 9.64 Å². The standard InChI is InChI=1S/C15H22ClN2O/c1-3-5-15(16)18-10-8-17(9-11-18)13-6-4-7-14(12-13)19-2/h4,6-7,12,15H,1,3,5,8-11H2,2H3. The molecule has 0 bridgehead atoms. The monoisotopic (exact) mass is 281 g/mol. The molecule has 105 valence electrons. The maximum atomic E-state index is 6.35. The van der Waals surface area contributed by atoms with Gasteiger partial charge in [-0.1, -0.05) is 19.4 Å². The first-order chi connectivity index (χ1) is 9.24. The van der Waals surface area contributed by atoms with E-state index in [1.807, 2.05) is 12.1 Å². The summed E-state index contributed by atoms with van der Waals surface area (Å²) in [5.74, 6) is 0.909. The van der Waals surface area contributed by atoms with Crippen LogP contribution in [0.25, 0.3) is 0 Å². The van der Waals surface area contributed by atoms with Crippen LogP contribution in [-0.4, -0.2) is 43.7 Å². The molecule has 1 aromatic carbocycles. The first-order valence-corrected chi connectivity index (χ1v) is 7.24. The molecule has 2 rings (SSSR count). The minimum absolute atomic E-state index is 0.130. The molecule has 0 amide bonds. The number of hydrogen-bond donors (Lipinski definition) is 0. The van der Waals surface area contributed by atoms with Crippen molar-refractivity contribution >= 4 is 17.3 Å². The third-order valence-electron chi connectivity index (χ3n) is 3.57. The topological polar surface area (TPSA) is 15.7 Å². The SMILES string of the molecule is [CH2]CCC(Cl)N1CCN(c2cccc(OC)c2)CC1. The van der Waals surface area contributed by atoms with E-state index in [4.69, 9.17) is 16.3 Å². The van der Waals surface area contributed by atoms with Crippen LogP contribution in [0.2, 0.25) is 0 Å². The molecule has 1 aliphatic rings. The molecule has 1 heterocycles. The second-order valence-electron chi connectivity index (χ2n) is 4.80. The molecule has 0 spiro atoms. The molecule has 1 aliphatic heterocycles. The lowest BCUT2D eigenvalue weighted by Crippen LogP contribution is -2.49. The fourth-order valence-corrected chi connectivity index (χ4v) is 2.77. The highest BCUT2D eigenvalue weighted by molar-refractivity contribution is 6.20. The predicted octanol–water partition coefficient (Wildman–Crippen LogP) is 3.00. The van der Waals surface area contributed by atoms with Gasteiger partial charge in [-0.2, -0.15) is 0 Å². The molecular formula is C15H22ClN2O. The molecule has 1 fully saturated rings. The average molecular weight is 282 g/mol. The van der Waals surface area contributed by atoms with E-state index in [2.05, 4.69) is 28.9 Å². The van der Waals surface area contributed by atoms with Gasteiger partial charge in [-0.15, -0.1) is 11.6 Å². The Balaban J connectivity index is 1.92. The number of alkyl halides is 1. The first kappa shape index (κ1) is 14.5. The van der Waals surface area contributed by atoms with Gasteiger partial charge in [-0.3, -0.25) is 4.90 Å². The number of piperazine rings is 1. The molecule has 4 heteroatoms. The Labute approximate surface area is 121 Å². The van der Waals surface area contributed by atoms with Gasteiger partial charge < -0.3 is 9.64 Å². The summed E-state index contributed by atoms with van der Waals surface area (Å²) in [4.78, 5) is 4.72. The molecule has 0 aliphatic carbocycles.